The molecule has 2 N–H and O–H groups in total. The number of methoxy groups -OCH3 is 1. The SMILES string of the molecule is COC(=O)c1ccccc1NC(=O)c1nn[nH]n1. The van der Waals surface area contributed by atoms with Gasteiger partial charge in [0.2, 0.25) is 0 Å². The lowest BCUT2D eigenvalue weighted by Gasteiger charge is -2.07. The Bertz CT molecular complexity index is 567. The Balaban J connectivity index is 2.24. The number of nitrogens with one attached hydrogen (secondary N) is 2. The van der Waals surface area contributed by atoms with Gasteiger partial charge < -0.3 is 10.1 Å². The summed E-state index contributed by atoms with van der Waals surface area (Å²) in [5, 5.41) is 15.0. The number of hydrogen-bond donors (Lipinski definition) is 2. The van der Waals surface area contributed by atoms with E-state index in [9.17, 15) is 9.59 Å². The first kappa shape index (κ1) is 11.7. The molecule has 1 amide bonds. The number of hydrogen-bond acceptors (Lipinski definition) is 6. The fourth-order valence-electron chi connectivity index (χ4n) is 1.32. The monoisotopic (exact) mass is 247 g/mol. The van der Waals surface area contributed by atoms with Crippen molar-refractivity contribution in [1.29, 1.82) is 0 Å². The smallest absolute Gasteiger partial charge is 0.339 e. The Morgan fingerprint density at radius 2 is 2.11 bits per heavy atom. The molecular weight excluding hydrogens is 238 g/mol. The minimum Gasteiger partial charge on any atom is -0.465 e. The van der Waals surface area contributed by atoms with Gasteiger partial charge in [0.1, 0.15) is 0 Å². The zero-order valence-corrected chi connectivity index (χ0v) is 9.38. The van der Waals surface area contributed by atoms with Crippen LogP contribution in [0.25, 0.3) is 0 Å². The van der Waals surface area contributed by atoms with Crippen molar-refractivity contribution in [2.75, 3.05) is 12.4 Å². The summed E-state index contributed by atoms with van der Waals surface area (Å²) >= 11 is 0. The Kier molecular flexibility index (Phi) is 3.28. The van der Waals surface area contributed by atoms with E-state index in [1.54, 1.807) is 18.2 Å². The minimum absolute atomic E-state index is 0.116. The lowest BCUT2D eigenvalue weighted by molar-refractivity contribution is 0.0602. The molecule has 8 heteroatoms. The summed E-state index contributed by atoms with van der Waals surface area (Å²) < 4.78 is 4.61. The molecule has 0 aliphatic rings. The van der Waals surface area contributed by atoms with Gasteiger partial charge in [0.05, 0.1) is 18.4 Å². The summed E-state index contributed by atoms with van der Waals surface area (Å²) in [7, 11) is 1.26. The van der Waals surface area contributed by atoms with Gasteiger partial charge in [-0.15, -0.1) is 10.2 Å². The standard InChI is InChI=1S/C10H9N5O3/c1-18-10(17)6-4-2-3-5-7(6)11-9(16)8-12-14-15-13-8/h2-5H,1H3,(H,11,16)(H,12,13,14,15). The fourth-order valence-corrected chi connectivity index (χ4v) is 1.32. The second kappa shape index (κ2) is 5.04. The molecule has 0 spiro atoms. The molecule has 1 aromatic carbocycles. The number of aromatic amines is 1. The molecule has 0 aliphatic carbocycles. The first-order valence-corrected chi connectivity index (χ1v) is 4.94. The lowest BCUT2D eigenvalue weighted by Crippen LogP contribution is -2.16. The van der Waals surface area contributed by atoms with Crippen molar-refractivity contribution < 1.29 is 14.3 Å². The molecule has 0 radical (unpaired) electrons. The predicted octanol–water partition coefficient (Wildman–Crippen LogP) is 0.239. The Morgan fingerprint density at radius 1 is 1.33 bits per heavy atom. The third-order valence-corrected chi connectivity index (χ3v) is 2.13. The second-order valence-corrected chi connectivity index (χ2v) is 3.23. The summed E-state index contributed by atoms with van der Waals surface area (Å²) in [6.45, 7) is 0. The van der Waals surface area contributed by atoms with Crippen LogP contribution >= 0.6 is 0 Å². The van der Waals surface area contributed by atoms with Crippen LogP contribution in [0.1, 0.15) is 21.0 Å². The van der Waals surface area contributed by atoms with Crippen LogP contribution in [0.2, 0.25) is 0 Å². The highest BCUT2D eigenvalue weighted by molar-refractivity contribution is 6.06. The quantitative estimate of drug-likeness (QED) is 0.751. The number of tetrazole rings is 1. The van der Waals surface area contributed by atoms with Gasteiger partial charge in [0.15, 0.2) is 0 Å². The number of esters is 1. The van der Waals surface area contributed by atoms with E-state index in [-0.39, 0.29) is 11.4 Å². The minimum atomic E-state index is -0.569. The van der Waals surface area contributed by atoms with Crippen molar-refractivity contribution in [3.63, 3.8) is 0 Å². The summed E-state index contributed by atoms with van der Waals surface area (Å²) in [6, 6.07) is 6.45. The number of amides is 1. The number of H-pyrrole nitrogens is 1. The van der Waals surface area contributed by atoms with E-state index in [0.717, 1.165) is 0 Å². The number of nitrogens with zero attached hydrogens (tertiary/aromatic N) is 3. The van der Waals surface area contributed by atoms with E-state index < -0.39 is 11.9 Å². The van der Waals surface area contributed by atoms with Crippen molar-refractivity contribution in [3.8, 4) is 0 Å². The average molecular weight is 247 g/mol. The molecule has 1 heterocycles. The molecular formula is C10H9N5O3. The van der Waals surface area contributed by atoms with Crippen LogP contribution in [-0.2, 0) is 4.74 Å². The van der Waals surface area contributed by atoms with Gasteiger partial charge in [-0.2, -0.15) is 5.21 Å². The zero-order chi connectivity index (χ0) is 13.0. The highest BCUT2D eigenvalue weighted by atomic mass is 16.5. The van der Waals surface area contributed by atoms with E-state index in [0.29, 0.717) is 5.69 Å². The van der Waals surface area contributed by atoms with Crippen molar-refractivity contribution in [2.45, 2.75) is 0 Å². The molecule has 0 fully saturated rings. The molecule has 18 heavy (non-hydrogen) atoms. The summed E-state index contributed by atoms with van der Waals surface area (Å²) in [4.78, 5) is 23.2. The van der Waals surface area contributed by atoms with Crippen LogP contribution < -0.4 is 5.32 Å². The van der Waals surface area contributed by atoms with E-state index in [4.69, 9.17) is 0 Å². The Hall–Kier alpha value is -2.77. The second-order valence-electron chi connectivity index (χ2n) is 3.23. The largest absolute Gasteiger partial charge is 0.465 e. The third-order valence-electron chi connectivity index (χ3n) is 2.13. The van der Waals surface area contributed by atoms with Crippen LogP contribution in [0, 0.1) is 0 Å². The van der Waals surface area contributed by atoms with Crippen molar-refractivity contribution >= 4 is 17.6 Å². The van der Waals surface area contributed by atoms with E-state index in [1.165, 1.54) is 13.2 Å². The molecule has 0 atom stereocenters. The number of aromatic nitrogens is 4. The van der Waals surface area contributed by atoms with Crippen LogP contribution in [0.5, 0.6) is 0 Å². The molecule has 92 valence electrons. The summed E-state index contributed by atoms with van der Waals surface area (Å²) in [5.41, 5.74) is 0.566. The number of ether oxygens (including phenoxy) is 1. The molecule has 2 aromatic rings. The normalized spacial score (nSPS) is 9.83. The topological polar surface area (TPSA) is 110 Å². The maximum absolute atomic E-state index is 11.7. The first-order chi connectivity index (χ1) is 8.72. The molecule has 8 nitrogen and oxygen atoms in total. The van der Waals surface area contributed by atoms with E-state index in [2.05, 4.69) is 30.7 Å². The molecule has 1 aromatic heterocycles. The molecule has 0 unspecified atom stereocenters. The van der Waals surface area contributed by atoms with Gasteiger partial charge in [0.25, 0.3) is 11.7 Å². The van der Waals surface area contributed by atoms with E-state index in [1.807, 2.05) is 0 Å². The maximum Gasteiger partial charge on any atom is 0.339 e. The van der Waals surface area contributed by atoms with Crippen molar-refractivity contribution in [2.24, 2.45) is 0 Å². The van der Waals surface area contributed by atoms with Gasteiger partial charge in [-0.25, -0.2) is 4.79 Å². The van der Waals surface area contributed by atoms with Gasteiger partial charge in [0, 0.05) is 0 Å². The van der Waals surface area contributed by atoms with Gasteiger partial charge in [-0.1, -0.05) is 12.1 Å². The number of anilines is 1. The molecule has 0 saturated heterocycles. The van der Waals surface area contributed by atoms with Crippen LogP contribution in [-0.4, -0.2) is 39.6 Å². The lowest BCUT2D eigenvalue weighted by atomic mass is 10.2. The number of rotatable bonds is 3. The third kappa shape index (κ3) is 2.32. The average Bonchev–Trinajstić information content (AvgIpc) is 2.92. The molecule has 0 saturated carbocycles. The van der Waals surface area contributed by atoms with Crippen molar-refractivity contribution in [3.05, 3.63) is 35.7 Å². The fraction of sp³-hybridized carbons (Fsp3) is 0.100. The van der Waals surface area contributed by atoms with E-state index >= 15 is 0 Å². The van der Waals surface area contributed by atoms with Gasteiger partial charge in [-0.3, -0.25) is 4.79 Å². The zero-order valence-electron chi connectivity index (χ0n) is 9.38. The molecule has 0 aliphatic heterocycles. The number of benzene rings is 1. The number of carbonyl (C=O) groups is 2. The van der Waals surface area contributed by atoms with Crippen molar-refractivity contribution in [1.82, 2.24) is 20.6 Å². The highest BCUT2D eigenvalue weighted by Crippen LogP contribution is 2.16. The maximum atomic E-state index is 11.7. The Morgan fingerprint density at radius 3 is 2.78 bits per heavy atom. The first-order valence-electron chi connectivity index (χ1n) is 4.94. The van der Waals surface area contributed by atoms with Crippen LogP contribution in [0.15, 0.2) is 24.3 Å². The van der Waals surface area contributed by atoms with Gasteiger partial charge in [-0.05, 0) is 17.3 Å². The van der Waals surface area contributed by atoms with Crippen LogP contribution in [0.3, 0.4) is 0 Å². The molecule has 0 bridgehead atoms. The Labute approximate surface area is 101 Å². The number of carbonyl (C=O) groups excluding carboxylic acids is 2. The van der Waals surface area contributed by atoms with Gasteiger partial charge >= 0.3 is 5.97 Å². The van der Waals surface area contributed by atoms with Crippen LogP contribution in [0.4, 0.5) is 5.69 Å². The summed E-state index contributed by atoms with van der Waals surface area (Å²) in [5.74, 6) is -1.23. The summed E-state index contributed by atoms with van der Waals surface area (Å²) in [6.07, 6.45) is 0. The highest BCUT2D eigenvalue weighted by Gasteiger charge is 2.16. The molecule has 2 rings (SSSR count). The predicted molar refractivity (Wildman–Crippen MR) is 59.9 cm³/mol. The number of para-hydroxylation sites is 1.